The molecule has 1 N–H and O–H groups in total. The van der Waals surface area contributed by atoms with Crippen LogP contribution in [0.3, 0.4) is 0 Å². The highest BCUT2D eigenvalue weighted by atomic mass is 16.5. The third kappa shape index (κ3) is 4.94. The second-order valence-corrected chi connectivity index (χ2v) is 7.52. The lowest BCUT2D eigenvalue weighted by Crippen LogP contribution is -2.28. The molecule has 2 aromatic carbocycles. The van der Waals surface area contributed by atoms with E-state index in [1.165, 1.54) is 0 Å². The quantitative estimate of drug-likeness (QED) is 0.607. The summed E-state index contributed by atoms with van der Waals surface area (Å²) in [6.07, 6.45) is 4.66. The molecule has 4 rings (SSSR count). The van der Waals surface area contributed by atoms with Crippen LogP contribution < -0.4 is 15.0 Å². The van der Waals surface area contributed by atoms with E-state index in [1.807, 2.05) is 54.7 Å². The number of carbonyl (C=O) groups excluding carboxylic acids is 2. The van der Waals surface area contributed by atoms with E-state index < -0.39 is 0 Å². The Morgan fingerprint density at radius 3 is 2.87 bits per heavy atom. The van der Waals surface area contributed by atoms with Gasteiger partial charge in [-0.15, -0.1) is 0 Å². The lowest BCUT2D eigenvalue weighted by molar-refractivity contribution is -0.122. The number of anilines is 2. The molecule has 1 atom stereocenters. The van der Waals surface area contributed by atoms with E-state index in [1.54, 1.807) is 21.8 Å². The number of aryl methyl sites for hydroxylation is 1. The summed E-state index contributed by atoms with van der Waals surface area (Å²) in [5, 5.41) is 7.08. The minimum Gasteiger partial charge on any atom is -0.492 e. The SMILES string of the molecule is CCc1ccccc1N1CC(C(=O)Nc2cccc(OCCn3cccn3)c2)CC1=O. The van der Waals surface area contributed by atoms with Gasteiger partial charge in [0.15, 0.2) is 0 Å². The van der Waals surface area contributed by atoms with Gasteiger partial charge in [0.05, 0.1) is 12.5 Å². The standard InChI is InChI=1S/C24H26N4O3/c1-2-18-7-3-4-10-22(18)28-17-19(15-23(28)29)24(30)26-20-8-5-9-21(16-20)31-14-13-27-12-6-11-25-27/h3-12,16,19H,2,13-15,17H2,1H3,(H,26,30). The Morgan fingerprint density at radius 1 is 1.19 bits per heavy atom. The van der Waals surface area contributed by atoms with Gasteiger partial charge in [0, 0.05) is 42.8 Å². The smallest absolute Gasteiger partial charge is 0.229 e. The minimum absolute atomic E-state index is 0.0169. The van der Waals surface area contributed by atoms with Crippen LogP contribution in [-0.2, 0) is 22.6 Å². The maximum Gasteiger partial charge on any atom is 0.229 e. The van der Waals surface area contributed by atoms with E-state index in [0.29, 0.717) is 31.1 Å². The molecule has 160 valence electrons. The predicted octanol–water partition coefficient (Wildman–Crippen LogP) is 3.52. The van der Waals surface area contributed by atoms with Gasteiger partial charge < -0.3 is 15.0 Å². The summed E-state index contributed by atoms with van der Waals surface area (Å²) in [4.78, 5) is 27.2. The lowest BCUT2D eigenvalue weighted by atomic mass is 10.1. The fourth-order valence-electron chi connectivity index (χ4n) is 3.79. The number of carbonyl (C=O) groups is 2. The zero-order valence-electron chi connectivity index (χ0n) is 17.5. The first-order valence-electron chi connectivity index (χ1n) is 10.5. The maximum absolute atomic E-state index is 12.8. The molecule has 1 unspecified atom stereocenters. The van der Waals surface area contributed by atoms with Gasteiger partial charge in [-0.1, -0.05) is 31.2 Å². The van der Waals surface area contributed by atoms with Crippen molar-refractivity contribution in [3.8, 4) is 5.75 Å². The van der Waals surface area contributed by atoms with Crippen molar-refractivity contribution in [2.45, 2.75) is 26.3 Å². The summed E-state index contributed by atoms with van der Waals surface area (Å²) in [6.45, 7) is 3.57. The Labute approximate surface area is 181 Å². The van der Waals surface area contributed by atoms with Gasteiger partial charge in [0.2, 0.25) is 11.8 Å². The van der Waals surface area contributed by atoms with E-state index in [0.717, 1.165) is 17.7 Å². The van der Waals surface area contributed by atoms with Crippen molar-refractivity contribution in [1.29, 1.82) is 0 Å². The van der Waals surface area contributed by atoms with E-state index in [2.05, 4.69) is 17.3 Å². The van der Waals surface area contributed by atoms with Gasteiger partial charge in [-0.05, 0) is 36.2 Å². The second-order valence-electron chi connectivity index (χ2n) is 7.52. The molecule has 1 fully saturated rings. The Balaban J connectivity index is 1.35. The van der Waals surface area contributed by atoms with Crippen molar-refractivity contribution in [2.24, 2.45) is 5.92 Å². The van der Waals surface area contributed by atoms with Crippen LogP contribution in [0.25, 0.3) is 0 Å². The van der Waals surface area contributed by atoms with Crippen molar-refractivity contribution in [3.63, 3.8) is 0 Å². The summed E-state index contributed by atoms with van der Waals surface area (Å²) in [5.74, 6) is 0.114. The van der Waals surface area contributed by atoms with Crippen molar-refractivity contribution < 1.29 is 14.3 Å². The Morgan fingerprint density at radius 2 is 2.06 bits per heavy atom. The topological polar surface area (TPSA) is 76.5 Å². The molecule has 0 radical (unpaired) electrons. The highest BCUT2D eigenvalue weighted by Gasteiger charge is 2.35. The highest BCUT2D eigenvalue weighted by molar-refractivity contribution is 6.03. The van der Waals surface area contributed by atoms with Gasteiger partial charge in [-0.3, -0.25) is 14.3 Å². The number of nitrogens with zero attached hydrogens (tertiary/aromatic N) is 3. The molecule has 1 aliphatic heterocycles. The molecule has 7 nitrogen and oxygen atoms in total. The van der Waals surface area contributed by atoms with Crippen LogP contribution in [0.15, 0.2) is 67.0 Å². The first-order chi connectivity index (χ1) is 15.1. The first-order valence-corrected chi connectivity index (χ1v) is 10.5. The summed E-state index contributed by atoms with van der Waals surface area (Å²) in [7, 11) is 0. The summed E-state index contributed by atoms with van der Waals surface area (Å²) in [5.41, 5.74) is 2.66. The molecule has 1 aromatic heterocycles. The Bertz CT molecular complexity index is 1050. The second kappa shape index (κ2) is 9.47. The van der Waals surface area contributed by atoms with Gasteiger partial charge in [-0.2, -0.15) is 5.10 Å². The number of nitrogens with one attached hydrogen (secondary N) is 1. The van der Waals surface area contributed by atoms with Gasteiger partial charge in [0.25, 0.3) is 0 Å². The van der Waals surface area contributed by atoms with E-state index in [4.69, 9.17) is 4.74 Å². The zero-order valence-corrected chi connectivity index (χ0v) is 17.5. The third-order valence-corrected chi connectivity index (χ3v) is 5.41. The molecule has 3 aromatic rings. The fourth-order valence-corrected chi connectivity index (χ4v) is 3.79. The molecule has 0 saturated carbocycles. The molecule has 1 saturated heterocycles. The molecule has 0 aliphatic carbocycles. The predicted molar refractivity (Wildman–Crippen MR) is 119 cm³/mol. The number of benzene rings is 2. The van der Waals surface area contributed by atoms with Gasteiger partial charge in [-0.25, -0.2) is 0 Å². The first kappa shape index (κ1) is 20.7. The minimum atomic E-state index is -0.387. The molecule has 1 aliphatic rings. The van der Waals surface area contributed by atoms with Crippen molar-refractivity contribution >= 4 is 23.2 Å². The van der Waals surface area contributed by atoms with Crippen LogP contribution in [0.2, 0.25) is 0 Å². The van der Waals surface area contributed by atoms with E-state index >= 15 is 0 Å². The third-order valence-electron chi connectivity index (χ3n) is 5.41. The highest BCUT2D eigenvalue weighted by Crippen LogP contribution is 2.29. The van der Waals surface area contributed by atoms with E-state index in [9.17, 15) is 9.59 Å². The average molecular weight is 418 g/mol. The van der Waals surface area contributed by atoms with Crippen LogP contribution in [-0.4, -0.2) is 34.7 Å². The zero-order chi connectivity index (χ0) is 21.6. The van der Waals surface area contributed by atoms with Crippen LogP contribution in [0.1, 0.15) is 18.9 Å². The van der Waals surface area contributed by atoms with E-state index in [-0.39, 0.29) is 24.2 Å². The van der Waals surface area contributed by atoms with Crippen molar-refractivity contribution in [2.75, 3.05) is 23.4 Å². The number of para-hydroxylation sites is 1. The van der Waals surface area contributed by atoms with Crippen LogP contribution in [0.5, 0.6) is 5.75 Å². The Kier molecular flexibility index (Phi) is 6.31. The molecule has 0 bridgehead atoms. The van der Waals surface area contributed by atoms with Gasteiger partial charge in [0.1, 0.15) is 12.4 Å². The number of hydrogen-bond donors (Lipinski definition) is 1. The number of hydrogen-bond acceptors (Lipinski definition) is 4. The van der Waals surface area contributed by atoms with Gasteiger partial charge >= 0.3 is 0 Å². The molecule has 7 heteroatoms. The van der Waals surface area contributed by atoms with Crippen LogP contribution in [0, 0.1) is 5.92 Å². The molecule has 31 heavy (non-hydrogen) atoms. The van der Waals surface area contributed by atoms with Crippen molar-refractivity contribution in [3.05, 3.63) is 72.6 Å². The fraction of sp³-hybridized carbons (Fsp3) is 0.292. The molecular weight excluding hydrogens is 392 g/mol. The van der Waals surface area contributed by atoms with Crippen LogP contribution >= 0.6 is 0 Å². The maximum atomic E-state index is 12.8. The van der Waals surface area contributed by atoms with Crippen molar-refractivity contribution in [1.82, 2.24) is 9.78 Å². The molecule has 2 amide bonds. The monoisotopic (exact) mass is 418 g/mol. The average Bonchev–Trinajstić information content (AvgIpc) is 3.44. The molecular formula is C24H26N4O3. The summed E-state index contributed by atoms with van der Waals surface area (Å²) >= 11 is 0. The number of aromatic nitrogens is 2. The normalized spacial score (nSPS) is 15.8. The molecule has 0 spiro atoms. The molecule has 2 heterocycles. The van der Waals surface area contributed by atoms with Crippen LogP contribution in [0.4, 0.5) is 11.4 Å². The lowest BCUT2D eigenvalue weighted by Gasteiger charge is -2.20. The Hall–Kier alpha value is -3.61. The number of rotatable bonds is 8. The summed E-state index contributed by atoms with van der Waals surface area (Å²) in [6, 6.07) is 17.0. The number of ether oxygens (including phenoxy) is 1. The number of amides is 2. The largest absolute Gasteiger partial charge is 0.492 e. The summed E-state index contributed by atoms with van der Waals surface area (Å²) < 4.78 is 7.57.